The van der Waals surface area contributed by atoms with E-state index in [1.165, 1.54) is 6.92 Å². The van der Waals surface area contributed by atoms with Crippen LogP contribution in [0.5, 0.6) is 0 Å². The highest BCUT2D eigenvalue weighted by atomic mass is 32.2. The quantitative estimate of drug-likeness (QED) is 0.765. The molecule has 1 amide bonds. The van der Waals surface area contributed by atoms with E-state index in [0.29, 0.717) is 12.2 Å². The molecule has 0 fully saturated rings. The van der Waals surface area contributed by atoms with E-state index in [4.69, 9.17) is 5.11 Å². The van der Waals surface area contributed by atoms with Crippen molar-refractivity contribution in [3.05, 3.63) is 29.3 Å². The van der Waals surface area contributed by atoms with Gasteiger partial charge in [-0.15, -0.1) is 11.3 Å². The Labute approximate surface area is 130 Å². The van der Waals surface area contributed by atoms with E-state index in [2.05, 4.69) is 10.3 Å². The molecular weight excluding hydrogens is 308 g/mol. The van der Waals surface area contributed by atoms with Crippen molar-refractivity contribution in [1.29, 1.82) is 0 Å². The highest BCUT2D eigenvalue weighted by molar-refractivity contribution is 7.98. The standard InChI is InChI=1S/C14H16N2O3S2/c1-9(17)15-11(14(18)19)6-7-20-8-13-16-10-4-2-3-5-12(10)21-13/h2-5,11H,6-8H2,1H3,(H,15,17)(H,18,19). The highest BCUT2D eigenvalue weighted by Gasteiger charge is 2.17. The van der Waals surface area contributed by atoms with Crippen LogP contribution in [-0.2, 0) is 15.3 Å². The van der Waals surface area contributed by atoms with Crippen molar-refractivity contribution in [2.75, 3.05) is 5.75 Å². The van der Waals surface area contributed by atoms with Gasteiger partial charge in [0.15, 0.2) is 0 Å². The highest BCUT2D eigenvalue weighted by Crippen LogP contribution is 2.25. The monoisotopic (exact) mass is 324 g/mol. The Bertz CT molecular complexity index is 609. The molecule has 0 radical (unpaired) electrons. The number of para-hydroxylation sites is 1. The number of carboxylic acid groups (broad SMARTS) is 1. The number of fused-ring (bicyclic) bond motifs is 1. The van der Waals surface area contributed by atoms with Crippen molar-refractivity contribution < 1.29 is 14.7 Å². The summed E-state index contributed by atoms with van der Waals surface area (Å²) in [5.74, 6) is 0.100. The lowest BCUT2D eigenvalue weighted by Gasteiger charge is -2.12. The lowest BCUT2D eigenvalue weighted by molar-refractivity contribution is -0.141. The minimum absolute atomic E-state index is 0.321. The van der Waals surface area contributed by atoms with Crippen LogP contribution in [0.25, 0.3) is 10.2 Å². The Morgan fingerprint density at radius 3 is 2.86 bits per heavy atom. The maximum atomic E-state index is 11.0. The van der Waals surface area contributed by atoms with Crippen LogP contribution in [0.2, 0.25) is 0 Å². The van der Waals surface area contributed by atoms with Crippen LogP contribution in [0.15, 0.2) is 24.3 Å². The van der Waals surface area contributed by atoms with Crippen molar-refractivity contribution in [3.63, 3.8) is 0 Å². The van der Waals surface area contributed by atoms with Gasteiger partial charge in [-0.05, 0) is 24.3 Å². The number of carbonyl (C=O) groups excluding carboxylic acids is 1. The Morgan fingerprint density at radius 2 is 2.19 bits per heavy atom. The number of aliphatic carboxylic acids is 1. The van der Waals surface area contributed by atoms with Crippen molar-refractivity contribution >= 4 is 45.2 Å². The molecule has 0 saturated carbocycles. The number of carbonyl (C=O) groups is 2. The van der Waals surface area contributed by atoms with Gasteiger partial charge < -0.3 is 10.4 Å². The first-order valence-electron chi connectivity index (χ1n) is 6.48. The fourth-order valence-electron chi connectivity index (χ4n) is 1.85. The fraction of sp³-hybridized carbons (Fsp3) is 0.357. The van der Waals surface area contributed by atoms with Gasteiger partial charge in [0, 0.05) is 12.7 Å². The molecule has 5 nitrogen and oxygen atoms in total. The Hall–Kier alpha value is -1.60. The largest absolute Gasteiger partial charge is 0.480 e. The summed E-state index contributed by atoms with van der Waals surface area (Å²) in [6, 6.07) is 7.16. The van der Waals surface area contributed by atoms with Crippen LogP contribution in [0.3, 0.4) is 0 Å². The summed E-state index contributed by atoms with van der Waals surface area (Å²) in [7, 11) is 0. The number of amides is 1. The van der Waals surface area contributed by atoms with Crippen molar-refractivity contribution in [3.8, 4) is 0 Å². The molecule has 0 aliphatic rings. The third-order valence-electron chi connectivity index (χ3n) is 2.79. The molecule has 0 aliphatic carbocycles. The van der Waals surface area contributed by atoms with Crippen molar-refractivity contribution in [2.45, 2.75) is 25.1 Å². The number of hydrogen-bond acceptors (Lipinski definition) is 5. The molecule has 1 atom stereocenters. The van der Waals surface area contributed by atoms with Crippen LogP contribution in [-0.4, -0.2) is 33.8 Å². The Kier molecular flexibility index (Phi) is 5.58. The number of benzene rings is 1. The number of aromatic nitrogens is 1. The average molecular weight is 324 g/mol. The number of nitrogens with zero attached hydrogens (tertiary/aromatic N) is 1. The number of thioether (sulfide) groups is 1. The van der Waals surface area contributed by atoms with Gasteiger partial charge in [-0.25, -0.2) is 9.78 Å². The first-order chi connectivity index (χ1) is 10.1. The van der Waals surface area contributed by atoms with Crippen LogP contribution >= 0.6 is 23.1 Å². The molecule has 2 N–H and O–H groups in total. The number of carboxylic acids is 1. The lowest BCUT2D eigenvalue weighted by Crippen LogP contribution is -2.39. The van der Waals surface area contributed by atoms with E-state index in [1.807, 2.05) is 24.3 Å². The minimum Gasteiger partial charge on any atom is -0.480 e. The molecule has 0 bridgehead atoms. The third kappa shape index (κ3) is 4.71. The Balaban J connectivity index is 1.80. The second kappa shape index (κ2) is 7.42. The van der Waals surface area contributed by atoms with Gasteiger partial charge in [0.25, 0.3) is 0 Å². The summed E-state index contributed by atoms with van der Waals surface area (Å²) < 4.78 is 1.16. The number of nitrogens with one attached hydrogen (secondary N) is 1. The molecule has 0 spiro atoms. The van der Waals surface area contributed by atoms with E-state index in [1.54, 1.807) is 23.1 Å². The van der Waals surface area contributed by atoms with Gasteiger partial charge in [-0.2, -0.15) is 11.8 Å². The smallest absolute Gasteiger partial charge is 0.326 e. The molecule has 21 heavy (non-hydrogen) atoms. The van der Waals surface area contributed by atoms with Gasteiger partial charge in [-0.3, -0.25) is 4.79 Å². The van der Waals surface area contributed by atoms with E-state index in [0.717, 1.165) is 21.0 Å². The van der Waals surface area contributed by atoms with E-state index < -0.39 is 12.0 Å². The Morgan fingerprint density at radius 1 is 1.43 bits per heavy atom. The summed E-state index contributed by atoms with van der Waals surface area (Å²) in [6.45, 7) is 1.32. The zero-order valence-electron chi connectivity index (χ0n) is 11.5. The first-order valence-corrected chi connectivity index (χ1v) is 8.45. The second-order valence-corrected chi connectivity index (χ2v) is 6.73. The van der Waals surface area contributed by atoms with Gasteiger partial charge >= 0.3 is 5.97 Å². The molecule has 2 rings (SSSR count). The normalized spacial score (nSPS) is 12.2. The molecule has 1 heterocycles. The maximum absolute atomic E-state index is 11.0. The predicted octanol–water partition coefficient (Wildman–Crippen LogP) is 2.51. The fourth-order valence-corrected chi connectivity index (χ4v) is 3.88. The second-order valence-electron chi connectivity index (χ2n) is 4.51. The van der Waals surface area contributed by atoms with E-state index in [9.17, 15) is 9.59 Å². The molecule has 1 unspecified atom stereocenters. The van der Waals surface area contributed by atoms with Crippen LogP contribution < -0.4 is 5.32 Å². The summed E-state index contributed by atoms with van der Waals surface area (Å²) >= 11 is 3.28. The van der Waals surface area contributed by atoms with Crippen molar-refractivity contribution in [2.24, 2.45) is 0 Å². The van der Waals surface area contributed by atoms with E-state index >= 15 is 0 Å². The topological polar surface area (TPSA) is 79.3 Å². The number of rotatable bonds is 7. The summed E-state index contributed by atoms with van der Waals surface area (Å²) in [5, 5.41) is 12.5. The first kappa shape index (κ1) is 15.8. The number of thiazole rings is 1. The van der Waals surface area contributed by atoms with Crippen LogP contribution in [0.1, 0.15) is 18.4 Å². The van der Waals surface area contributed by atoms with Crippen LogP contribution in [0.4, 0.5) is 0 Å². The molecule has 0 aliphatic heterocycles. The van der Waals surface area contributed by atoms with Crippen molar-refractivity contribution in [1.82, 2.24) is 10.3 Å². The molecule has 1 aromatic heterocycles. The minimum atomic E-state index is -0.995. The third-order valence-corrected chi connectivity index (χ3v) is 5.01. The molecule has 7 heteroatoms. The van der Waals surface area contributed by atoms with E-state index in [-0.39, 0.29) is 5.91 Å². The molecular formula is C14H16N2O3S2. The van der Waals surface area contributed by atoms with Gasteiger partial charge in [0.1, 0.15) is 11.0 Å². The summed E-state index contributed by atoms with van der Waals surface area (Å²) in [5.41, 5.74) is 1.000. The van der Waals surface area contributed by atoms with Crippen LogP contribution in [0, 0.1) is 0 Å². The molecule has 0 saturated heterocycles. The van der Waals surface area contributed by atoms with Gasteiger partial charge in [-0.1, -0.05) is 12.1 Å². The molecule has 1 aromatic carbocycles. The maximum Gasteiger partial charge on any atom is 0.326 e. The SMILES string of the molecule is CC(=O)NC(CCSCc1nc2ccccc2s1)C(=O)O. The summed E-state index contributed by atoms with van der Waals surface area (Å²) in [4.78, 5) is 26.4. The average Bonchev–Trinajstić information content (AvgIpc) is 2.84. The summed E-state index contributed by atoms with van der Waals surface area (Å²) in [6.07, 6.45) is 0.407. The zero-order chi connectivity index (χ0) is 15.2. The molecule has 112 valence electrons. The zero-order valence-corrected chi connectivity index (χ0v) is 13.2. The molecule has 2 aromatic rings. The van der Waals surface area contributed by atoms with Gasteiger partial charge in [0.05, 0.1) is 10.2 Å². The predicted molar refractivity (Wildman–Crippen MR) is 85.6 cm³/mol. The lowest BCUT2D eigenvalue weighted by atomic mass is 10.2. The van der Waals surface area contributed by atoms with Gasteiger partial charge in [0.2, 0.25) is 5.91 Å². The number of hydrogen-bond donors (Lipinski definition) is 2.